The van der Waals surface area contributed by atoms with Gasteiger partial charge in [-0.2, -0.15) is 0 Å². The van der Waals surface area contributed by atoms with E-state index in [0.29, 0.717) is 5.56 Å². The Morgan fingerprint density at radius 2 is 1.86 bits per heavy atom. The summed E-state index contributed by atoms with van der Waals surface area (Å²) in [6.45, 7) is 1.42. The lowest BCUT2D eigenvalue weighted by Gasteiger charge is -2.12. The summed E-state index contributed by atoms with van der Waals surface area (Å²) in [5.41, 5.74) is 5.88. The molecule has 0 radical (unpaired) electrons. The maximum Gasteiger partial charge on any atom is 0.131 e. The highest BCUT2D eigenvalue weighted by Gasteiger charge is 2.16. The third-order valence-electron chi connectivity index (χ3n) is 2.03. The zero-order chi connectivity index (χ0) is 10.7. The SMILES string of the molecule is Cc1cc(F)c(C(N)CCO)c(F)c1. The summed E-state index contributed by atoms with van der Waals surface area (Å²) in [6, 6.07) is 1.67. The van der Waals surface area contributed by atoms with Crippen LogP contribution in [0.5, 0.6) is 0 Å². The first-order chi connectivity index (χ1) is 6.56. The number of nitrogens with two attached hydrogens (primary N) is 1. The Labute approximate surface area is 81.4 Å². The number of benzene rings is 1. The first-order valence-corrected chi connectivity index (χ1v) is 4.38. The van der Waals surface area contributed by atoms with Gasteiger partial charge in [0.15, 0.2) is 0 Å². The summed E-state index contributed by atoms with van der Waals surface area (Å²) in [5, 5.41) is 8.61. The van der Waals surface area contributed by atoms with Gasteiger partial charge in [-0.3, -0.25) is 0 Å². The second kappa shape index (κ2) is 4.48. The van der Waals surface area contributed by atoms with E-state index in [1.54, 1.807) is 6.92 Å². The topological polar surface area (TPSA) is 46.2 Å². The lowest BCUT2D eigenvalue weighted by atomic mass is 10.0. The van der Waals surface area contributed by atoms with Crippen LogP contribution in [0.1, 0.15) is 23.6 Å². The van der Waals surface area contributed by atoms with Crippen LogP contribution in [0.3, 0.4) is 0 Å². The highest BCUT2D eigenvalue weighted by atomic mass is 19.1. The molecular formula is C10H13F2NO. The van der Waals surface area contributed by atoms with Crippen molar-refractivity contribution in [1.29, 1.82) is 0 Å². The largest absolute Gasteiger partial charge is 0.396 e. The molecule has 4 heteroatoms. The highest BCUT2D eigenvalue weighted by Crippen LogP contribution is 2.22. The molecular weight excluding hydrogens is 188 g/mol. The van der Waals surface area contributed by atoms with Crippen LogP contribution < -0.4 is 5.73 Å². The zero-order valence-corrected chi connectivity index (χ0v) is 7.93. The summed E-state index contributed by atoms with van der Waals surface area (Å²) in [4.78, 5) is 0. The van der Waals surface area contributed by atoms with Gasteiger partial charge in [0.25, 0.3) is 0 Å². The van der Waals surface area contributed by atoms with Crippen LogP contribution in [0.25, 0.3) is 0 Å². The van der Waals surface area contributed by atoms with Gasteiger partial charge >= 0.3 is 0 Å². The third-order valence-corrected chi connectivity index (χ3v) is 2.03. The van der Waals surface area contributed by atoms with Crippen molar-refractivity contribution in [2.45, 2.75) is 19.4 Å². The molecule has 3 N–H and O–H groups in total. The van der Waals surface area contributed by atoms with Crippen LogP contribution in [0.2, 0.25) is 0 Å². The summed E-state index contributed by atoms with van der Waals surface area (Å²) < 4.78 is 26.6. The molecule has 0 saturated heterocycles. The van der Waals surface area contributed by atoms with E-state index in [-0.39, 0.29) is 18.6 Å². The molecule has 0 aliphatic heterocycles. The molecule has 14 heavy (non-hydrogen) atoms. The van der Waals surface area contributed by atoms with E-state index in [9.17, 15) is 8.78 Å². The molecule has 1 atom stereocenters. The summed E-state index contributed by atoms with van der Waals surface area (Å²) in [6.07, 6.45) is 0.150. The quantitative estimate of drug-likeness (QED) is 0.781. The number of hydrogen-bond acceptors (Lipinski definition) is 2. The van der Waals surface area contributed by atoms with Crippen molar-refractivity contribution in [2.24, 2.45) is 5.73 Å². The van der Waals surface area contributed by atoms with Gasteiger partial charge in [-0.25, -0.2) is 8.78 Å². The first-order valence-electron chi connectivity index (χ1n) is 4.38. The molecule has 0 amide bonds. The minimum atomic E-state index is -0.791. The molecule has 1 aromatic carbocycles. The van der Waals surface area contributed by atoms with Gasteiger partial charge in [0, 0.05) is 18.2 Å². The lowest BCUT2D eigenvalue weighted by Crippen LogP contribution is -2.15. The molecule has 0 spiro atoms. The van der Waals surface area contributed by atoms with Crippen molar-refractivity contribution in [2.75, 3.05) is 6.61 Å². The van der Waals surface area contributed by atoms with Crippen LogP contribution in [0.15, 0.2) is 12.1 Å². The van der Waals surface area contributed by atoms with E-state index in [0.717, 1.165) is 0 Å². The molecule has 0 bridgehead atoms. The molecule has 1 aromatic rings. The molecule has 0 aliphatic carbocycles. The lowest BCUT2D eigenvalue weighted by molar-refractivity contribution is 0.274. The monoisotopic (exact) mass is 201 g/mol. The molecule has 78 valence electrons. The van der Waals surface area contributed by atoms with E-state index in [4.69, 9.17) is 10.8 Å². The molecule has 1 rings (SSSR count). The van der Waals surface area contributed by atoms with Crippen molar-refractivity contribution in [3.05, 3.63) is 34.9 Å². The average Bonchev–Trinajstić information content (AvgIpc) is 2.01. The molecule has 0 heterocycles. The van der Waals surface area contributed by atoms with Crippen molar-refractivity contribution in [3.8, 4) is 0 Å². The molecule has 0 fully saturated rings. The van der Waals surface area contributed by atoms with Gasteiger partial charge in [0.05, 0.1) is 0 Å². The summed E-state index contributed by atoms with van der Waals surface area (Å²) in [7, 11) is 0. The fourth-order valence-electron chi connectivity index (χ4n) is 1.35. The van der Waals surface area contributed by atoms with Crippen molar-refractivity contribution in [3.63, 3.8) is 0 Å². The van der Waals surface area contributed by atoms with Gasteiger partial charge in [0.1, 0.15) is 11.6 Å². The van der Waals surface area contributed by atoms with Gasteiger partial charge in [-0.15, -0.1) is 0 Å². The predicted molar refractivity (Wildman–Crippen MR) is 49.7 cm³/mol. The fourth-order valence-corrected chi connectivity index (χ4v) is 1.35. The molecule has 0 aromatic heterocycles. The number of rotatable bonds is 3. The summed E-state index contributed by atoms with van der Waals surface area (Å²) >= 11 is 0. The predicted octanol–water partition coefficient (Wildman–Crippen LogP) is 1.66. The Morgan fingerprint density at radius 3 is 2.29 bits per heavy atom. The van der Waals surface area contributed by atoms with Gasteiger partial charge < -0.3 is 10.8 Å². The molecule has 1 unspecified atom stereocenters. The van der Waals surface area contributed by atoms with Crippen molar-refractivity contribution < 1.29 is 13.9 Å². The second-order valence-corrected chi connectivity index (χ2v) is 3.26. The Kier molecular flexibility index (Phi) is 3.55. The van der Waals surface area contributed by atoms with E-state index in [1.165, 1.54) is 12.1 Å². The van der Waals surface area contributed by atoms with Crippen LogP contribution in [0, 0.1) is 18.6 Å². The van der Waals surface area contributed by atoms with Crippen molar-refractivity contribution in [1.82, 2.24) is 0 Å². The second-order valence-electron chi connectivity index (χ2n) is 3.26. The Morgan fingerprint density at radius 1 is 1.36 bits per heavy atom. The number of aryl methyl sites for hydroxylation is 1. The van der Waals surface area contributed by atoms with Crippen LogP contribution in [-0.4, -0.2) is 11.7 Å². The highest BCUT2D eigenvalue weighted by molar-refractivity contribution is 5.27. The normalized spacial score (nSPS) is 12.9. The van der Waals surface area contributed by atoms with E-state index >= 15 is 0 Å². The van der Waals surface area contributed by atoms with E-state index in [2.05, 4.69) is 0 Å². The molecule has 2 nitrogen and oxygen atoms in total. The average molecular weight is 201 g/mol. The minimum absolute atomic E-state index is 0.148. The Balaban J connectivity index is 3.07. The maximum atomic E-state index is 13.3. The van der Waals surface area contributed by atoms with Gasteiger partial charge in [0.2, 0.25) is 0 Å². The Bertz CT molecular complexity index is 305. The standard InChI is InChI=1S/C10H13F2NO/c1-6-4-7(11)10(8(12)5-6)9(13)2-3-14/h4-5,9,14H,2-3,13H2,1H3. The van der Waals surface area contributed by atoms with Crippen LogP contribution in [-0.2, 0) is 0 Å². The number of aliphatic hydroxyl groups excluding tert-OH is 1. The van der Waals surface area contributed by atoms with Gasteiger partial charge in [-0.05, 0) is 31.0 Å². The number of halogens is 2. The van der Waals surface area contributed by atoms with E-state index in [1.807, 2.05) is 0 Å². The fraction of sp³-hybridized carbons (Fsp3) is 0.400. The number of hydrogen-bond donors (Lipinski definition) is 2. The first kappa shape index (κ1) is 11.1. The van der Waals surface area contributed by atoms with E-state index < -0.39 is 17.7 Å². The van der Waals surface area contributed by atoms with Crippen LogP contribution in [0.4, 0.5) is 8.78 Å². The smallest absolute Gasteiger partial charge is 0.131 e. The van der Waals surface area contributed by atoms with Gasteiger partial charge in [-0.1, -0.05) is 0 Å². The zero-order valence-electron chi connectivity index (χ0n) is 7.93. The number of aliphatic hydroxyl groups is 1. The summed E-state index contributed by atoms with van der Waals surface area (Å²) in [5.74, 6) is -1.30. The van der Waals surface area contributed by atoms with Crippen LogP contribution >= 0.6 is 0 Å². The maximum absolute atomic E-state index is 13.3. The van der Waals surface area contributed by atoms with Crippen molar-refractivity contribution >= 4 is 0 Å². The third kappa shape index (κ3) is 2.27. The minimum Gasteiger partial charge on any atom is -0.396 e. The molecule has 0 aliphatic rings. The molecule has 0 saturated carbocycles. The Hall–Kier alpha value is -1.00.